The molecule has 19 heavy (non-hydrogen) atoms. The molecule has 0 aliphatic carbocycles. The quantitative estimate of drug-likeness (QED) is 0.739. The van der Waals surface area contributed by atoms with Crippen LogP contribution in [0.3, 0.4) is 0 Å². The number of fused-ring (bicyclic) bond motifs is 1. The van der Waals surface area contributed by atoms with Gasteiger partial charge in [-0.25, -0.2) is 4.39 Å². The van der Waals surface area contributed by atoms with E-state index in [0.717, 1.165) is 5.52 Å². The fourth-order valence-electron chi connectivity index (χ4n) is 1.72. The Bertz CT molecular complexity index is 736. The van der Waals surface area contributed by atoms with Crippen molar-refractivity contribution in [2.45, 2.75) is 0 Å². The van der Waals surface area contributed by atoms with Gasteiger partial charge in [0.15, 0.2) is 5.82 Å². The summed E-state index contributed by atoms with van der Waals surface area (Å²) in [5.74, 6) is -0.396. The molecular weight excluding hydrogens is 247 g/mol. The molecule has 6 heteroatoms. The summed E-state index contributed by atoms with van der Waals surface area (Å²) in [7, 11) is 0. The summed E-state index contributed by atoms with van der Waals surface area (Å²) in [5, 5.41) is 9.39. The predicted molar refractivity (Wildman–Crippen MR) is 68.2 cm³/mol. The molecule has 1 aromatic carbocycles. The maximum absolute atomic E-state index is 12.8. The van der Waals surface area contributed by atoms with Crippen molar-refractivity contribution in [3.63, 3.8) is 0 Å². The molecule has 94 valence electrons. The Morgan fingerprint density at radius 2 is 2.00 bits per heavy atom. The number of carbonyl (C=O) groups excluding carboxylic acids is 1. The van der Waals surface area contributed by atoms with Crippen LogP contribution in [0, 0.1) is 5.82 Å². The van der Waals surface area contributed by atoms with E-state index < -0.39 is 0 Å². The lowest BCUT2D eigenvalue weighted by Gasteiger charge is -2.01. The number of halogens is 1. The van der Waals surface area contributed by atoms with Crippen molar-refractivity contribution < 1.29 is 9.18 Å². The second-order valence-electron chi connectivity index (χ2n) is 3.93. The standard InChI is InChI=1S/C13H9FN4O/c14-9-5-3-8(4-6-9)13(19)16-12-11-10(17-18-12)2-1-7-15-11/h1-7H,(H2,16,17,18,19). The average molecular weight is 256 g/mol. The van der Waals surface area contributed by atoms with Crippen molar-refractivity contribution in [2.24, 2.45) is 0 Å². The first-order valence-corrected chi connectivity index (χ1v) is 5.60. The van der Waals surface area contributed by atoms with Crippen LogP contribution in [0.25, 0.3) is 11.0 Å². The third kappa shape index (κ3) is 2.15. The van der Waals surface area contributed by atoms with Crippen LogP contribution in [0.1, 0.15) is 10.4 Å². The number of carbonyl (C=O) groups is 1. The van der Waals surface area contributed by atoms with E-state index in [1.165, 1.54) is 24.3 Å². The summed E-state index contributed by atoms with van der Waals surface area (Å²) in [6.07, 6.45) is 1.62. The van der Waals surface area contributed by atoms with Gasteiger partial charge in [-0.3, -0.25) is 14.9 Å². The van der Waals surface area contributed by atoms with Gasteiger partial charge in [0.25, 0.3) is 5.91 Å². The zero-order valence-corrected chi connectivity index (χ0v) is 9.72. The number of rotatable bonds is 2. The van der Waals surface area contributed by atoms with Crippen LogP contribution >= 0.6 is 0 Å². The minimum atomic E-state index is -0.386. The van der Waals surface area contributed by atoms with Crippen LogP contribution < -0.4 is 5.32 Å². The van der Waals surface area contributed by atoms with Gasteiger partial charge in [0.1, 0.15) is 11.3 Å². The molecule has 3 aromatic rings. The molecule has 0 bridgehead atoms. The van der Waals surface area contributed by atoms with Gasteiger partial charge in [-0.2, -0.15) is 5.10 Å². The number of pyridine rings is 1. The molecule has 0 spiro atoms. The molecule has 5 nitrogen and oxygen atoms in total. The van der Waals surface area contributed by atoms with Crippen LogP contribution in [0.2, 0.25) is 0 Å². The summed E-state index contributed by atoms with van der Waals surface area (Å²) in [5.41, 5.74) is 1.67. The molecule has 2 heterocycles. The lowest BCUT2D eigenvalue weighted by Crippen LogP contribution is -2.12. The Balaban J connectivity index is 1.89. The van der Waals surface area contributed by atoms with E-state index in [9.17, 15) is 9.18 Å². The Labute approximate surface area is 107 Å². The highest BCUT2D eigenvalue weighted by atomic mass is 19.1. The van der Waals surface area contributed by atoms with E-state index in [4.69, 9.17) is 0 Å². The van der Waals surface area contributed by atoms with Crippen molar-refractivity contribution in [3.8, 4) is 0 Å². The number of hydrogen-bond acceptors (Lipinski definition) is 3. The summed E-state index contributed by atoms with van der Waals surface area (Å²) >= 11 is 0. The molecule has 2 N–H and O–H groups in total. The summed E-state index contributed by atoms with van der Waals surface area (Å²) < 4.78 is 12.8. The lowest BCUT2D eigenvalue weighted by atomic mass is 10.2. The van der Waals surface area contributed by atoms with Crippen LogP contribution in [0.5, 0.6) is 0 Å². The van der Waals surface area contributed by atoms with Crippen LogP contribution in [-0.2, 0) is 0 Å². The Hall–Kier alpha value is -2.76. The molecule has 2 aromatic heterocycles. The SMILES string of the molecule is O=C(Nc1n[nH]c2cccnc12)c1ccc(F)cc1. The number of nitrogens with one attached hydrogen (secondary N) is 2. The van der Waals surface area contributed by atoms with Gasteiger partial charge in [-0.05, 0) is 36.4 Å². The molecule has 0 saturated carbocycles. The molecule has 0 saturated heterocycles. The average Bonchev–Trinajstić information content (AvgIpc) is 2.83. The summed E-state index contributed by atoms with van der Waals surface area (Å²) in [6.45, 7) is 0. The number of amides is 1. The summed E-state index contributed by atoms with van der Waals surface area (Å²) in [6, 6.07) is 8.86. The zero-order valence-electron chi connectivity index (χ0n) is 9.72. The van der Waals surface area contributed by atoms with Crippen LogP contribution in [0.4, 0.5) is 10.2 Å². The van der Waals surface area contributed by atoms with Gasteiger partial charge < -0.3 is 5.32 Å². The third-order valence-corrected chi connectivity index (χ3v) is 2.66. The Kier molecular flexibility index (Phi) is 2.68. The van der Waals surface area contributed by atoms with Gasteiger partial charge in [0.05, 0.1) is 5.52 Å². The van der Waals surface area contributed by atoms with Crippen molar-refractivity contribution >= 4 is 22.8 Å². The molecule has 0 aliphatic rings. The van der Waals surface area contributed by atoms with Crippen molar-refractivity contribution in [2.75, 3.05) is 5.32 Å². The highest BCUT2D eigenvalue weighted by Crippen LogP contribution is 2.17. The lowest BCUT2D eigenvalue weighted by molar-refractivity contribution is 0.102. The van der Waals surface area contributed by atoms with Crippen molar-refractivity contribution in [1.29, 1.82) is 0 Å². The monoisotopic (exact) mass is 256 g/mol. The van der Waals surface area contributed by atoms with E-state index in [0.29, 0.717) is 16.9 Å². The second kappa shape index (κ2) is 4.49. The fraction of sp³-hybridized carbons (Fsp3) is 0. The Morgan fingerprint density at radius 1 is 1.21 bits per heavy atom. The number of aromatic nitrogens is 3. The van der Waals surface area contributed by atoms with Crippen molar-refractivity contribution in [3.05, 3.63) is 54.0 Å². The molecule has 0 aliphatic heterocycles. The largest absolute Gasteiger partial charge is 0.303 e. The van der Waals surface area contributed by atoms with Crippen molar-refractivity contribution in [1.82, 2.24) is 15.2 Å². The highest BCUT2D eigenvalue weighted by molar-refractivity contribution is 6.07. The first kappa shape index (κ1) is 11.3. The van der Waals surface area contributed by atoms with Crippen LogP contribution in [0.15, 0.2) is 42.6 Å². The Morgan fingerprint density at radius 3 is 2.79 bits per heavy atom. The number of benzene rings is 1. The number of hydrogen-bond donors (Lipinski definition) is 2. The van der Waals surface area contributed by atoms with Gasteiger partial charge in [-0.1, -0.05) is 0 Å². The first-order chi connectivity index (χ1) is 9.24. The number of nitrogens with zero attached hydrogens (tertiary/aromatic N) is 2. The molecule has 1 amide bonds. The van der Waals surface area contributed by atoms with E-state index >= 15 is 0 Å². The third-order valence-electron chi connectivity index (χ3n) is 2.66. The van der Waals surface area contributed by atoms with Gasteiger partial charge in [0.2, 0.25) is 0 Å². The van der Waals surface area contributed by atoms with E-state index in [2.05, 4.69) is 20.5 Å². The summed E-state index contributed by atoms with van der Waals surface area (Å²) in [4.78, 5) is 16.1. The first-order valence-electron chi connectivity index (χ1n) is 5.60. The topological polar surface area (TPSA) is 70.7 Å². The molecule has 0 fully saturated rings. The normalized spacial score (nSPS) is 10.6. The minimum absolute atomic E-state index is 0.352. The number of aromatic amines is 1. The molecule has 0 unspecified atom stereocenters. The second-order valence-corrected chi connectivity index (χ2v) is 3.93. The predicted octanol–water partition coefficient (Wildman–Crippen LogP) is 2.35. The molecular formula is C13H9FN4O. The zero-order chi connectivity index (χ0) is 13.2. The number of anilines is 1. The van der Waals surface area contributed by atoms with Crippen LogP contribution in [-0.4, -0.2) is 21.1 Å². The van der Waals surface area contributed by atoms with E-state index in [1.54, 1.807) is 12.3 Å². The maximum atomic E-state index is 12.8. The van der Waals surface area contributed by atoms with Gasteiger partial charge in [0, 0.05) is 11.8 Å². The fourth-order valence-corrected chi connectivity index (χ4v) is 1.72. The molecule has 0 atom stereocenters. The minimum Gasteiger partial charge on any atom is -0.303 e. The maximum Gasteiger partial charge on any atom is 0.256 e. The number of H-pyrrole nitrogens is 1. The van der Waals surface area contributed by atoms with Gasteiger partial charge in [-0.15, -0.1) is 0 Å². The van der Waals surface area contributed by atoms with E-state index in [1.807, 2.05) is 6.07 Å². The molecule has 3 rings (SSSR count). The van der Waals surface area contributed by atoms with E-state index in [-0.39, 0.29) is 11.7 Å². The smallest absolute Gasteiger partial charge is 0.256 e. The highest BCUT2D eigenvalue weighted by Gasteiger charge is 2.11. The molecule has 0 radical (unpaired) electrons. The van der Waals surface area contributed by atoms with Gasteiger partial charge >= 0.3 is 0 Å².